The molecular formula is C23H25ClN4O4. The second-order valence-electron chi connectivity index (χ2n) is 7.23. The molecule has 0 aliphatic rings. The quantitative estimate of drug-likeness (QED) is 0.520. The van der Waals surface area contributed by atoms with E-state index in [-0.39, 0.29) is 16.6 Å². The van der Waals surface area contributed by atoms with Crippen molar-refractivity contribution in [2.24, 2.45) is 0 Å². The van der Waals surface area contributed by atoms with Gasteiger partial charge < -0.3 is 19.7 Å². The summed E-state index contributed by atoms with van der Waals surface area (Å²) in [5.41, 5.74) is 1.45. The van der Waals surface area contributed by atoms with Crippen LogP contribution in [-0.2, 0) is 4.74 Å². The summed E-state index contributed by atoms with van der Waals surface area (Å²) >= 11 is 6.38. The number of benzene rings is 2. The number of carbonyl (C=O) groups excluding carboxylic acids is 1. The molecule has 0 aliphatic heterocycles. The number of anilines is 1. The van der Waals surface area contributed by atoms with Crippen molar-refractivity contribution in [1.82, 2.24) is 14.7 Å². The highest BCUT2D eigenvalue weighted by Crippen LogP contribution is 2.24. The number of methoxy groups -OCH3 is 2. The average molecular weight is 457 g/mol. The van der Waals surface area contributed by atoms with Crippen molar-refractivity contribution in [3.8, 4) is 11.4 Å². The molecule has 3 rings (SSSR count). The van der Waals surface area contributed by atoms with Crippen molar-refractivity contribution in [2.45, 2.75) is 6.04 Å². The second-order valence-corrected chi connectivity index (χ2v) is 7.61. The first-order chi connectivity index (χ1) is 15.4. The van der Waals surface area contributed by atoms with E-state index >= 15 is 0 Å². The summed E-state index contributed by atoms with van der Waals surface area (Å²) in [5, 5.41) is 7.42. The molecule has 0 radical (unpaired) electrons. The van der Waals surface area contributed by atoms with E-state index in [9.17, 15) is 9.59 Å². The zero-order chi connectivity index (χ0) is 23.3. The summed E-state index contributed by atoms with van der Waals surface area (Å²) in [6, 6.07) is 14.4. The van der Waals surface area contributed by atoms with Crippen molar-refractivity contribution in [1.29, 1.82) is 0 Å². The molecule has 1 heterocycles. The molecule has 0 amide bonds. The van der Waals surface area contributed by atoms with E-state index < -0.39 is 11.5 Å². The van der Waals surface area contributed by atoms with Gasteiger partial charge in [0.1, 0.15) is 10.8 Å². The highest BCUT2D eigenvalue weighted by molar-refractivity contribution is 6.33. The zero-order valence-corrected chi connectivity index (χ0v) is 19.1. The molecule has 0 bridgehead atoms. The second kappa shape index (κ2) is 10.3. The van der Waals surface area contributed by atoms with Gasteiger partial charge in [-0.3, -0.25) is 4.79 Å². The molecule has 0 spiro atoms. The van der Waals surface area contributed by atoms with E-state index in [0.29, 0.717) is 17.9 Å². The van der Waals surface area contributed by atoms with Crippen LogP contribution in [0.2, 0.25) is 5.02 Å². The van der Waals surface area contributed by atoms with Crippen molar-refractivity contribution < 1.29 is 14.3 Å². The van der Waals surface area contributed by atoms with Crippen LogP contribution in [0, 0.1) is 0 Å². The molecule has 2 aromatic carbocycles. The molecule has 9 heteroatoms. The van der Waals surface area contributed by atoms with Crippen LogP contribution in [-0.4, -0.2) is 55.5 Å². The minimum absolute atomic E-state index is 0.0134. The Balaban J connectivity index is 1.87. The first-order valence-corrected chi connectivity index (χ1v) is 10.2. The number of aromatic nitrogens is 2. The number of rotatable bonds is 8. The predicted octanol–water partition coefficient (Wildman–Crippen LogP) is 3.40. The van der Waals surface area contributed by atoms with E-state index in [2.05, 4.69) is 15.3 Å². The van der Waals surface area contributed by atoms with Crippen LogP contribution in [0.15, 0.2) is 59.5 Å². The molecule has 1 N–H and O–H groups in total. The number of ether oxygens (including phenoxy) is 2. The maximum absolute atomic E-state index is 12.9. The molecule has 0 saturated carbocycles. The number of esters is 1. The van der Waals surface area contributed by atoms with Gasteiger partial charge in [-0.15, -0.1) is 0 Å². The fourth-order valence-electron chi connectivity index (χ4n) is 3.30. The minimum Gasteiger partial charge on any atom is -0.497 e. The molecule has 3 aromatic rings. The van der Waals surface area contributed by atoms with Gasteiger partial charge in [-0.1, -0.05) is 35.9 Å². The number of hydrogen-bond donors (Lipinski definition) is 1. The molecule has 1 aromatic heterocycles. The fourth-order valence-corrected chi connectivity index (χ4v) is 3.50. The van der Waals surface area contributed by atoms with Gasteiger partial charge in [0.05, 0.1) is 43.4 Å². The minimum atomic E-state index is -0.569. The lowest BCUT2D eigenvalue weighted by molar-refractivity contribution is 0.0600. The van der Waals surface area contributed by atoms with E-state index in [1.807, 2.05) is 38.4 Å². The Bertz CT molecular complexity index is 1150. The van der Waals surface area contributed by atoms with Crippen molar-refractivity contribution in [2.75, 3.05) is 40.2 Å². The molecule has 0 aliphatic carbocycles. The van der Waals surface area contributed by atoms with Crippen molar-refractivity contribution in [3.63, 3.8) is 0 Å². The Kier molecular flexibility index (Phi) is 7.50. The summed E-state index contributed by atoms with van der Waals surface area (Å²) in [6.45, 7) is 0.489. The Hall–Kier alpha value is -3.36. The summed E-state index contributed by atoms with van der Waals surface area (Å²) in [7, 11) is 6.84. The monoisotopic (exact) mass is 456 g/mol. The van der Waals surface area contributed by atoms with Crippen LogP contribution in [0.5, 0.6) is 5.75 Å². The number of likely N-dealkylation sites (N-methyl/N-ethyl adjacent to an activating group) is 1. The first kappa shape index (κ1) is 23.3. The maximum Gasteiger partial charge on any atom is 0.340 e. The Morgan fingerprint density at radius 3 is 2.47 bits per heavy atom. The van der Waals surface area contributed by atoms with E-state index in [4.69, 9.17) is 21.1 Å². The Morgan fingerprint density at radius 1 is 1.16 bits per heavy atom. The third kappa shape index (κ3) is 4.92. The first-order valence-electron chi connectivity index (χ1n) is 9.87. The number of nitrogens with one attached hydrogen (secondary N) is 1. The third-order valence-electron chi connectivity index (χ3n) is 5.07. The predicted molar refractivity (Wildman–Crippen MR) is 124 cm³/mol. The number of halogens is 1. The topological polar surface area (TPSA) is 85.7 Å². The SMILES string of the molecule is COC(=O)c1ccccc1-n1ncc(NCC(c2ccc(OC)cc2)N(C)C)c(Cl)c1=O. The zero-order valence-electron chi connectivity index (χ0n) is 18.3. The summed E-state index contributed by atoms with van der Waals surface area (Å²) in [4.78, 5) is 27.0. The van der Waals surface area contributed by atoms with Gasteiger partial charge in [-0.2, -0.15) is 9.78 Å². The van der Waals surface area contributed by atoms with Crippen molar-refractivity contribution in [3.05, 3.63) is 81.2 Å². The number of carbonyl (C=O) groups is 1. The largest absolute Gasteiger partial charge is 0.497 e. The van der Waals surface area contributed by atoms with Crippen molar-refractivity contribution >= 4 is 23.3 Å². The number of para-hydroxylation sites is 1. The molecule has 32 heavy (non-hydrogen) atoms. The van der Waals surface area contributed by atoms with Crippen LogP contribution < -0.4 is 15.6 Å². The highest BCUT2D eigenvalue weighted by atomic mass is 35.5. The van der Waals surface area contributed by atoms with Gasteiger partial charge in [0, 0.05) is 6.54 Å². The summed E-state index contributed by atoms with van der Waals surface area (Å²) < 4.78 is 11.1. The smallest absolute Gasteiger partial charge is 0.340 e. The summed E-state index contributed by atoms with van der Waals surface area (Å²) in [5.74, 6) is 0.211. The number of nitrogens with zero attached hydrogens (tertiary/aromatic N) is 3. The standard InChI is InChI=1S/C23H25ClN4O4/c1-27(2)20(15-9-11-16(31-3)12-10-15)14-25-18-13-26-28(22(29)21(18)24)19-8-6-5-7-17(19)23(30)32-4/h5-13,20,25H,14H2,1-4H3. The summed E-state index contributed by atoms with van der Waals surface area (Å²) in [6.07, 6.45) is 1.47. The molecule has 1 unspecified atom stereocenters. The van der Waals surface area contributed by atoms with Gasteiger partial charge >= 0.3 is 5.97 Å². The molecule has 8 nitrogen and oxygen atoms in total. The average Bonchev–Trinajstić information content (AvgIpc) is 2.81. The van der Waals surface area contributed by atoms with Gasteiger partial charge in [0.25, 0.3) is 5.56 Å². The van der Waals surface area contributed by atoms with E-state index in [1.165, 1.54) is 13.3 Å². The number of hydrogen-bond acceptors (Lipinski definition) is 7. The fraction of sp³-hybridized carbons (Fsp3) is 0.261. The highest BCUT2D eigenvalue weighted by Gasteiger charge is 2.19. The molecule has 168 valence electrons. The van der Waals surface area contributed by atoms with Crippen LogP contribution >= 0.6 is 11.6 Å². The normalized spacial score (nSPS) is 11.8. The third-order valence-corrected chi connectivity index (χ3v) is 5.43. The van der Waals surface area contributed by atoms with E-state index in [1.54, 1.807) is 31.4 Å². The van der Waals surface area contributed by atoms with Crippen LogP contribution in [0.3, 0.4) is 0 Å². The Labute approximate surface area is 191 Å². The van der Waals surface area contributed by atoms with E-state index in [0.717, 1.165) is 16.0 Å². The lowest BCUT2D eigenvalue weighted by Gasteiger charge is -2.26. The van der Waals surface area contributed by atoms with Gasteiger partial charge in [-0.05, 0) is 43.9 Å². The molecule has 1 atom stereocenters. The van der Waals surface area contributed by atoms with Crippen LogP contribution in [0.4, 0.5) is 5.69 Å². The lowest BCUT2D eigenvalue weighted by Crippen LogP contribution is -2.28. The maximum atomic E-state index is 12.9. The van der Waals surface area contributed by atoms with Gasteiger partial charge in [-0.25, -0.2) is 4.79 Å². The van der Waals surface area contributed by atoms with Gasteiger partial charge in [0.2, 0.25) is 0 Å². The van der Waals surface area contributed by atoms with Crippen LogP contribution in [0.25, 0.3) is 5.69 Å². The lowest BCUT2D eigenvalue weighted by atomic mass is 10.1. The Morgan fingerprint density at radius 2 is 1.84 bits per heavy atom. The molecular weight excluding hydrogens is 432 g/mol. The molecule has 0 fully saturated rings. The molecule has 0 saturated heterocycles. The van der Waals surface area contributed by atoms with Crippen LogP contribution in [0.1, 0.15) is 22.0 Å². The van der Waals surface area contributed by atoms with Gasteiger partial charge in [0.15, 0.2) is 0 Å².